The minimum absolute atomic E-state index is 0.0205. The number of carbonyl (C=O) groups is 3. The smallest absolute Gasteiger partial charge is 0.247 e. The number of hydrogen-bond donors (Lipinski definition) is 3. The quantitative estimate of drug-likeness (QED) is 0.373. The molecule has 1 aliphatic carbocycles. The van der Waals surface area contributed by atoms with Crippen molar-refractivity contribution >= 4 is 18.1 Å². The molecule has 10 nitrogen and oxygen atoms in total. The van der Waals surface area contributed by atoms with E-state index in [0.717, 1.165) is 5.56 Å². The third kappa shape index (κ3) is 5.42. The van der Waals surface area contributed by atoms with E-state index in [9.17, 15) is 24.6 Å². The minimum atomic E-state index is -1.21. The number of aliphatic hydroxyl groups excluding tert-OH is 2. The molecule has 4 atom stereocenters. The molecule has 10 heteroatoms. The van der Waals surface area contributed by atoms with Crippen molar-refractivity contribution in [3.63, 3.8) is 0 Å². The van der Waals surface area contributed by atoms with Crippen molar-refractivity contribution in [1.29, 1.82) is 0 Å². The van der Waals surface area contributed by atoms with Gasteiger partial charge in [0, 0.05) is 36.9 Å². The highest BCUT2D eigenvalue weighted by Crippen LogP contribution is 2.51. The number of methoxy groups -OCH3 is 2. The average Bonchev–Trinajstić information content (AvgIpc) is 3.34. The van der Waals surface area contributed by atoms with Gasteiger partial charge < -0.3 is 34.6 Å². The van der Waals surface area contributed by atoms with E-state index in [1.54, 1.807) is 12.1 Å². The molecule has 202 valence electrons. The zero-order valence-corrected chi connectivity index (χ0v) is 21.3. The van der Waals surface area contributed by atoms with E-state index in [1.807, 2.05) is 30.3 Å². The van der Waals surface area contributed by atoms with E-state index >= 15 is 0 Å². The van der Waals surface area contributed by atoms with E-state index in [1.165, 1.54) is 25.2 Å². The average molecular weight is 525 g/mol. The van der Waals surface area contributed by atoms with Crippen molar-refractivity contribution < 1.29 is 38.8 Å². The number of amides is 2. The van der Waals surface area contributed by atoms with Gasteiger partial charge in [-0.25, -0.2) is 0 Å². The molecule has 1 aliphatic heterocycles. The van der Waals surface area contributed by atoms with Crippen LogP contribution in [0.2, 0.25) is 0 Å². The molecule has 2 amide bonds. The van der Waals surface area contributed by atoms with E-state index < -0.39 is 30.1 Å². The van der Waals surface area contributed by atoms with Crippen molar-refractivity contribution in [2.75, 3.05) is 34.0 Å². The number of aliphatic hydroxyl groups is 2. The van der Waals surface area contributed by atoms with Gasteiger partial charge in [-0.2, -0.15) is 0 Å². The Balaban J connectivity index is 1.81. The third-order valence-electron chi connectivity index (χ3n) is 6.81. The highest BCUT2D eigenvalue weighted by Gasteiger charge is 2.51. The summed E-state index contributed by atoms with van der Waals surface area (Å²) in [7, 11) is 2.94. The van der Waals surface area contributed by atoms with Gasteiger partial charge in [-0.1, -0.05) is 30.3 Å². The zero-order valence-electron chi connectivity index (χ0n) is 21.3. The third-order valence-corrected chi connectivity index (χ3v) is 6.81. The Morgan fingerprint density at radius 1 is 1.18 bits per heavy atom. The number of ether oxygens (including phenoxy) is 3. The second kappa shape index (κ2) is 12.2. The highest BCUT2D eigenvalue weighted by molar-refractivity contribution is 5.96. The molecule has 2 aromatic rings. The maximum absolute atomic E-state index is 13.4. The van der Waals surface area contributed by atoms with Gasteiger partial charge in [-0.3, -0.25) is 14.4 Å². The molecule has 0 unspecified atom stereocenters. The van der Waals surface area contributed by atoms with Crippen molar-refractivity contribution in [3.05, 3.63) is 70.8 Å². The number of aldehydes is 1. The summed E-state index contributed by atoms with van der Waals surface area (Å²) in [5.41, 5.74) is 1.97. The van der Waals surface area contributed by atoms with Crippen molar-refractivity contribution in [2.45, 2.75) is 37.1 Å². The first kappa shape index (κ1) is 27.3. The molecule has 2 aliphatic rings. The highest BCUT2D eigenvalue weighted by atomic mass is 16.5. The molecule has 38 heavy (non-hydrogen) atoms. The summed E-state index contributed by atoms with van der Waals surface area (Å²) < 4.78 is 16.7. The van der Waals surface area contributed by atoms with Crippen LogP contribution in [0.25, 0.3) is 0 Å². The fourth-order valence-corrected chi connectivity index (χ4v) is 5.03. The number of nitrogens with zero attached hydrogens (tertiary/aromatic N) is 1. The molecule has 0 saturated carbocycles. The predicted octanol–water partition coefficient (Wildman–Crippen LogP) is 1.20. The van der Waals surface area contributed by atoms with Crippen LogP contribution in [-0.2, 0) is 20.9 Å². The number of benzene rings is 2. The van der Waals surface area contributed by atoms with Crippen molar-refractivity contribution in [3.8, 4) is 11.5 Å². The molecular formula is C28H32N2O8. The van der Waals surface area contributed by atoms with Crippen LogP contribution in [0.3, 0.4) is 0 Å². The number of fused-ring (bicyclic) bond motifs is 3. The van der Waals surface area contributed by atoms with Crippen LogP contribution >= 0.6 is 0 Å². The molecule has 3 N–H and O–H groups in total. The number of hydrogen-bond acceptors (Lipinski definition) is 8. The van der Waals surface area contributed by atoms with Crippen molar-refractivity contribution in [2.24, 2.45) is 0 Å². The molecule has 2 aromatic carbocycles. The summed E-state index contributed by atoms with van der Waals surface area (Å²) >= 11 is 0. The van der Waals surface area contributed by atoms with Crippen LogP contribution < -0.4 is 14.8 Å². The van der Waals surface area contributed by atoms with Crippen LogP contribution in [-0.4, -0.2) is 85.4 Å². The first-order valence-electron chi connectivity index (χ1n) is 12.4. The molecule has 0 radical (unpaired) electrons. The van der Waals surface area contributed by atoms with Gasteiger partial charge in [0.1, 0.15) is 18.5 Å². The Hall–Kier alpha value is -3.73. The van der Waals surface area contributed by atoms with Crippen molar-refractivity contribution in [1.82, 2.24) is 10.2 Å². The van der Waals surface area contributed by atoms with Gasteiger partial charge in [0.2, 0.25) is 11.8 Å². The monoisotopic (exact) mass is 524 g/mol. The molecular weight excluding hydrogens is 492 g/mol. The molecule has 0 aromatic heterocycles. The molecule has 0 saturated heterocycles. The maximum atomic E-state index is 13.4. The SMILES string of the molecule is COCCC(=O)N(Cc1ccccc1)[C@@H]1C=C(C(=O)NCCO)[C@@H]2c3cc(C=O)cc(OC)c3O[C@@H]2[C@H]1O. The number of carbonyl (C=O) groups excluding carboxylic acids is 3. The van der Waals surface area contributed by atoms with Gasteiger partial charge in [0.05, 0.1) is 38.7 Å². The Morgan fingerprint density at radius 2 is 1.95 bits per heavy atom. The molecule has 0 fully saturated rings. The fourth-order valence-electron chi connectivity index (χ4n) is 5.03. The lowest BCUT2D eigenvalue weighted by Gasteiger charge is -2.40. The standard InChI is InChI=1S/C28H32N2O8/c1-36-11-8-23(33)30(15-17-6-4-3-5-7-17)21-14-20(28(35)29-9-10-31)24-19-12-18(16-32)13-22(37-2)26(19)38-27(24)25(21)34/h3-7,12-14,16,21,24-25,27,31,34H,8-11,15H2,1-2H3,(H,29,35)/t21-,24+,25+,27+/m1/s1. The van der Waals surface area contributed by atoms with E-state index in [4.69, 9.17) is 14.2 Å². The second-order valence-corrected chi connectivity index (χ2v) is 9.15. The Morgan fingerprint density at radius 3 is 2.61 bits per heavy atom. The largest absolute Gasteiger partial charge is 0.493 e. The maximum Gasteiger partial charge on any atom is 0.247 e. The predicted molar refractivity (Wildman–Crippen MR) is 137 cm³/mol. The Labute approximate surface area is 220 Å². The summed E-state index contributed by atoms with van der Waals surface area (Å²) in [6, 6.07) is 11.6. The van der Waals surface area contributed by atoms with Crippen LogP contribution in [0.5, 0.6) is 11.5 Å². The van der Waals surface area contributed by atoms with E-state index in [0.29, 0.717) is 28.9 Å². The van der Waals surface area contributed by atoms with Gasteiger partial charge >= 0.3 is 0 Å². The van der Waals surface area contributed by atoms with Crippen LogP contribution in [0.1, 0.15) is 33.8 Å². The van der Waals surface area contributed by atoms with Crippen LogP contribution in [0.15, 0.2) is 54.1 Å². The first-order valence-corrected chi connectivity index (χ1v) is 12.4. The summed E-state index contributed by atoms with van der Waals surface area (Å²) in [5.74, 6) is -0.830. The molecule has 1 heterocycles. The van der Waals surface area contributed by atoms with Gasteiger partial charge in [0.25, 0.3) is 0 Å². The summed E-state index contributed by atoms with van der Waals surface area (Å²) in [4.78, 5) is 39.8. The Bertz CT molecular complexity index is 1200. The minimum Gasteiger partial charge on any atom is -0.493 e. The van der Waals surface area contributed by atoms with E-state index in [-0.39, 0.29) is 44.2 Å². The molecule has 4 rings (SSSR count). The lowest BCUT2D eigenvalue weighted by atomic mass is 9.77. The van der Waals surface area contributed by atoms with Crippen LogP contribution in [0, 0.1) is 0 Å². The van der Waals surface area contributed by atoms with Gasteiger partial charge in [0.15, 0.2) is 11.5 Å². The molecule has 0 bridgehead atoms. The lowest BCUT2D eigenvalue weighted by molar-refractivity contribution is -0.139. The lowest BCUT2D eigenvalue weighted by Crippen LogP contribution is -2.55. The number of nitrogens with one attached hydrogen (secondary N) is 1. The molecule has 0 spiro atoms. The first-order chi connectivity index (χ1) is 18.4. The number of rotatable bonds is 11. The summed E-state index contributed by atoms with van der Waals surface area (Å²) in [6.45, 7) is 0.147. The second-order valence-electron chi connectivity index (χ2n) is 9.15. The zero-order chi connectivity index (χ0) is 27.2. The topological polar surface area (TPSA) is 135 Å². The van der Waals surface area contributed by atoms with Gasteiger partial charge in [-0.05, 0) is 23.8 Å². The fraction of sp³-hybridized carbons (Fsp3) is 0.393. The Kier molecular flexibility index (Phi) is 8.77. The van der Waals surface area contributed by atoms with Crippen LogP contribution in [0.4, 0.5) is 0 Å². The normalized spacial score (nSPS) is 21.4. The van der Waals surface area contributed by atoms with Gasteiger partial charge in [-0.15, -0.1) is 0 Å². The summed E-state index contributed by atoms with van der Waals surface area (Å²) in [6.07, 6.45) is 0.201. The van der Waals surface area contributed by atoms with E-state index in [2.05, 4.69) is 5.32 Å². The summed E-state index contributed by atoms with van der Waals surface area (Å²) in [5, 5.41) is 23.6.